The lowest BCUT2D eigenvalue weighted by atomic mass is 9.95. The topological polar surface area (TPSA) is 111 Å². The number of aromatic nitrogens is 4. The standard InChI is InChI=1S/C19H25N5O4/c1-4-6-7-10-28-18(26)16-12(3)20-19-21-22-23-24(19)17(16)13-8-9-14(25)15(11-13)27-5-2/h8-9,11,17,25H,4-7,10H2,1-3H3,(H,20,21,23)/t17-/m1/s1. The van der Waals surface area contributed by atoms with Crippen molar-refractivity contribution >= 4 is 11.9 Å². The van der Waals surface area contributed by atoms with Crippen LogP contribution < -0.4 is 10.1 Å². The van der Waals surface area contributed by atoms with Gasteiger partial charge in [-0.1, -0.05) is 30.9 Å². The summed E-state index contributed by atoms with van der Waals surface area (Å²) in [5.74, 6) is 0.372. The predicted molar refractivity (Wildman–Crippen MR) is 102 cm³/mol. The van der Waals surface area contributed by atoms with E-state index >= 15 is 0 Å². The van der Waals surface area contributed by atoms with Crippen molar-refractivity contribution < 1.29 is 19.4 Å². The molecule has 2 heterocycles. The number of benzene rings is 1. The summed E-state index contributed by atoms with van der Waals surface area (Å²) in [7, 11) is 0. The van der Waals surface area contributed by atoms with Gasteiger partial charge in [-0.3, -0.25) is 0 Å². The molecule has 0 bridgehead atoms. The van der Waals surface area contributed by atoms with Crippen LogP contribution in [0.5, 0.6) is 11.5 Å². The molecule has 1 aromatic heterocycles. The van der Waals surface area contributed by atoms with Gasteiger partial charge in [-0.2, -0.15) is 4.68 Å². The lowest BCUT2D eigenvalue weighted by molar-refractivity contribution is -0.139. The van der Waals surface area contributed by atoms with E-state index in [1.165, 1.54) is 10.7 Å². The zero-order valence-electron chi connectivity index (χ0n) is 16.3. The molecule has 0 fully saturated rings. The van der Waals surface area contributed by atoms with Crippen molar-refractivity contribution in [3.05, 3.63) is 35.0 Å². The summed E-state index contributed by atoms with van der Waals surface area (Å²) in [6.07, 6.45) is 2.86. The van der Waals surface area contributed by atoms with E-state index in [2.05, 4.69) is 27.8 Å². The summed E-state index contributed by atoms with van der Waals surface area (Å²) < 4.78 is 12.5. The fourth-order valence-corrected chi connectivity index (χ4v) is 3.15. The molecular formula is C19H25N5O4. The first-order chi connectivity index (χ1) is 13.6. The third kappa shape index (κ3) is 3.92. The number of esters is 1. The number of rotatable bonds is 8. The Morgan fingerprint density at radius 1 is 1.32 bits per heavy atom. The van der Waals surface area contributed by atoms with Crippen molar-refractivity contribution in [2.45, 2.75) is 46.1 Å². The molecule has 28 heavy (non-hydrogen) atoms. The van der Waals surface area contributed by atoms with Crippen molar-refractivity contribution in [1.82, 2.24) is 20.2 Å². The molecule has 2 aromatic rings. The molecule has 0 unspecified atom stereocenters. The molecule has 1 aromatic carbocycles. The van der Waals surface area contributed by atoms with Crippen LogP contribution in [0.1, 0.15) is 51.6 Å². The average molecular weight is 387 g/mol. The number of phenolic OH excluding ortho intramolecular Hbond substituents is 1. The quantitative estimate of drug-likeness (QED) is 0.525. The number of carbonyl (C=O) groups excluding carboxylic acids is 1. The molecule has 3 rings (SSSR count). The third-order valence-corrected chi connectivity index (χ3v) is 4.51. The molecule has 2 N–H and O–H groups in total. The van der Waals surface area contributed by atoms with Gasteiger partial charge in [-0.25, -0.2) is 4.79 Å². The maximum absolute atomic E-state index is 12.9. The van der Waals surface area contributed by atoms with Gasteiger partial charge in [0.05, 0.1) is 18.8 Å². The second kappa shape index (κ2) is 8.73. The maximum atomic E-state index is 12.9. The summed E-state index contributed by atoms with van der Waals surface area (Å²) in [6.45, 7) is 6.48. The van der Waals surface area contributed by atoms with E-state index in [1.54, 1.807) is 19.1 Å². The number of fused-ring (bicyclic) bond motifs is 1. The van der Waals surface area contributed by atoms with Crippen molar-refractivity contribution in [1.29, 1.82) is 0 Å². The van der Waals surface area contributed by atoms with Gasteiger partial charge in [0.2, 0.25) is 5.95 Å². The van der Waals surface area contributed by atoms with E-state index in [0.29, 0.717) is 41.7 Å². The number of allylic oxidation sites excluding steroid dienone is 1. The van der Waals surface area contributed by atoms with Gasteiger partial charge >= 0.3 is 5.97 Å². The Bertz CT molecular complexity index is 877. The van der Waals surface area contributed by atoms with Crippen LogP contribution in [-0.2, 0) is 9.53 Å². The minimum absolute atomic E-state index is 0.0286. The summed E-state index contributed by atoms with van der Waals surface area (Å²) in [5, 5.41) is 24.8. The molecule has 9 heteroatoms. The SMILES string of the molecule is CCCCCOC(=O)C1=C(C)Nc2nnnn2[C@@H]1c1ccc(O)c(OCC)c1. The van der Waals surface area contributed by atoms with Gasteiger partial charge < -0.3 is 19.9 Å². The molecule has 150 valence electrons. The first-order valence-corrected chi connectivity index (χ1v) is 9.45. The van der Waals surface area contributed by atoms with Gasteiger partial charge in [0, 0.05) is 5.70 Å². The maximum Gasteiger partial charge on any atom is 0.338 e. The van der Waals surface area contributed by atoms with Crippen LogP contribution in [0.2, 0.25) is 0 Å². The molecule has 1 atom stereocenters. The third-order valence-electron chi connectivity index (χ3n) is 4.51. The molecular weight excluding hydrogens is 362 g/mol. The monoisotopic (exact) mass is 387 g/mol. The van der Waals surface area contributed by atoms with Gasteiger partial charge in [0.1, 0.15) is 6.04 Å². The second-order valence-corrected chi connectivity index (χ2v) is 6.52. The summed E-state index contributed by atoms with van der Waals surface area (Å²) in [4.78, 5) is 12.9. The molecule has 9 nitrogen and oxygen atoms in total. The highest BCUT2D eigenvalue weighted by atomic mass is 16.5. The number of hydrogen-bond acceptors (Lipinski definition) is 8. The van der Waals surface area contributed by atoms with Crippen molar-refractivity contribution in [2.75, 3.05) is 18.5 Å². The lowest BCUT2D eigenvalue weighted by Crippen LogP contribution is -2.29. The Balaban J connectivity index is 1.98. The predicted octanol–water partition coefficient (Wildman–Crippen LogP) is 2.80. The molecule has 1 aliphatic rings. The fraction of sp³-hybridized carbons (Fsp3) is 0.474. The van der Waals surface area contributed by atoms with E-state index in [-0.39, 0.29) is 5.75 Å². The van der Waals surface area contributed by atoms with Gasteiger partial charge in [-0.05, 0) is 48.4 Å². The molecule has 0 amide bonds. The highest BCUT2D eigenvalue weighted by molar-refractivity contribution is 5.92. The molecule has 0 saturated heterocycles. The highest BCUT2D eigenvalue weighted by Gasteiger charge is 2.35. The van der Waals surface area contributed by atoms with Crippen LogP contribution in [-0.4, -0.2) is 44.5 Å². The summed E-state index contributed by atoms with van der Waals surface area (Å²) in [5.41, 5.74) is 1.75. The van der Waals surface area contributed by atoms with E-state index in [0.717, 1.165) is 19.3 Å². The van der Waals surface area contributed by atoms with E-state index < -0.39 is 12.0 Å². The first kappa shape index (κ1) is 19.7. The highest BCUT2D eigenvalue weighted by Crippen LogP contribution is 2.38. The molecule has 0 radical (unpaired) electrons. The van der Waals surface area contributed by atoms with Crippen LogP contribution in [0.3, 0.4) is 0 Å². The molecule has 0 spiro atoms. The van der Waals surface area contributed by atoms with Crippen LogP contribution >= 0.6 is 0 Å². The number of ether oxygens (including phenoxy) is 2. The molecule has 0 saturated carbocycles. The smallest absolute Gasteiger partial charge is 0.338 e. The number of hydrogen-bond donors (Lipinski definition) is 2. The number of nitrogens with one attached hydrogen (secondary N) is 1. The number of nitrogens with zero attached hydrogens (tertiary/aromatic N) is 4. The van der Waals surface area contributed by atoms with E-state index in [4.69, 9.17) is 9.47 Å². The van der Waals surface area contributed by atoms with Gasteiger partial charge in [-0.15, -0.1) is 0 Å². The van der Waals surface area contributed by atoms with Crippen molar-refractivity contribution in [3.63, 3.8) is 0 Å². The fourth-order valence-electron chi connectivity index (χ4n) is 3.15. The Morgan fingerprint density at radius 3 is 2.89 bits per heavy atom. The molecule has 1 aliphatic heterocycles. The van der Waals surface area contributed by atoms with Crippen LogP contribution in [0, 0.1) is 0 Å². The van der Waals surface area contributed by atoms with Crippen LogP contribution in [0.4, 0.5) is 5.95 Å². The normalized spacial score (nSPS) is 15.8. The van der Waals surface area contributed by atoms with E-state index in [9.17, 15) is 9.90 Å². The number of tetrazole rings is 1. The number of phenols is 1. The van der Waals surface area contributed by atoms with Crippen molar-refractivity contribution in [2.24, 2.45) is 0 Å². The van der Waals surface area contributed by atoms with Gasteiger partial charge in [0.25, 0.3) is 0 Å². The zero-order chi connectivity index (χ0) is 20.1. The summed E-state index contributed by atoms with van der Waals surface area (Å²) in [6, 6.07) is 4.35. The molecule has 0 aliphatic carbocycles. The van der Waals surface area contributed by atoms with Crippen LogP contribution in [0.25, 0.3) is 0 Å². The van der Waals surface area contributed by atoms with Gasteiger partial charge in [0.15, 0.2) is 11.5 Å². The number of aromatic hydroxyl groups is 1. The minimum atomic E-state index is -0.593. The number of carbonyl (C=O) groups is 1. The second-order valence-electron chi connectivity index (χ2n) is 6.52. The Kier molecular flexibility index (Phi) is 6.13. The largest absolute Gasteiger partial charge is 0.504 e. The Hall–Kier alpha value is -3.10. The average Bonchev–Trinajstić information content (AvgIpc) is 3.14. The Morgan fingerprint density at radius 2 is 2.14 bits per heavy atom. The first-order valence-electron chi connectivity index (χ1n) is 9.45. The van der Waals surface area contributed by atoms with E-state index in [1.807, 2.05) is 6.92 Å². The summed E-state index contributed by atoms with van der Waals surface area (Å²) >= 11 is 0. The number of anilines is 1. The van der Waals surface area contributed by atoms with Crippen LogP contribution in [0.15, 0.2) is 29.5 Å². The number of unbranched alkanes of at least 4 members (excludes halogenated alkanes) is 2. The minimum Gasteiger partial charge on any atom is -0.504 e. The van der Waals surface area contributed by atoms with Crippen molar-refractivity contribution in [3.8, 4) is 11.5 Å². The Labute approximate surface area is 163 Å². The lowest BCUT2D eigenvalue weighted by Gasteiger charge is -2.27. The zero-order valence-corrected chi connectivity index (χ0v) is 16.3.